The average Bonchev–Trinajstić information content (AvgIpc) is 2.20. The monoisotopic (exact) mass is 336 g/mol. The minimum Gasteiger partial charge on any atom is -0.451 e. The van der Waals surface area contributed by atoms with Crippen LogP contribution in [0.3, 0.4) is 0 Å². The quantitative estimate of drug-likeness (QED) is 0.449. The van der Waals surface area contributed by atoms with Crippen molar-refractivity contribution in [1.82, 2.24) is 0 Å². The Bertz CT molecular complexity index is 461. The molecular weight excluding hydrogens is 322 g/mol. The van der Waals surface area contributed by atoms with E-state index in [-0.39, 0.29) is 0 Å². The van der Waals surface area contributed by atoms with Gasteiger partial charge >= 0.3 is 29.9 Å². The Morgan fingerprint density at radius 3 is 1.45 bits per heavy atom. The van der Waals surface area contributed by atoms with Crippen molar-refractivity contribution < 1.29 is 45.4 Å². The van der Waals surface area contributed by atoms with Gasteiger partial charge in [-0.25, -0.2) is 4.79 Å². The van der Waals surface area contributed by atoms with E-state index in [1.807, 2.05) is 0 Å². The maximum absolute atomic E-state index is 13.2. The highest BCUT2D eigenvalue weighted by molar-refractivity contribution is 5.87. The van der Waals surface area contributed by atoms with E-state index < -0.39 is 41.1 Å². The fourth-order valence-electron chi connectivity index (χ4n) is 1.69. The topological polar surface area (TPSA) is 52.6 Å². The van der Waals surface area contributed by atoms with Crippen molar-refractivity contribution >= 4 is 11.9 Å². The zero-order valence-electron chi connectivity index (χ0n) is 12.1. The van der Waals surface area contributed by atoms with Gasteiger partial charge in [-0.15, -0.1) is 0 Å². The molecule has 0 rings (SSSR count). The summed E-state index contributed by atoms with van der Waals surface area (Å²) in [5.74, 6) is -3.33. The summed E-state index contributed by atoms with van der Waals surface area (Å²) >= 11 is 0. The molecule has 0 atom stereocenters. The Kier molecular flexibility index (Phi) is 5.35. The molecule has 0 N–H and O–H groups in total. The van der Waals surface area contributed by atoms with Gasteiger partial charge in [-0.1, -0.05) is 6.58 Å². The molecule has 4 nitrogen and oxygen atoms in total. The normalized spacial score (nSPS) is 13.5. The van der Waals surface area contributed by atoms with Gasteiger partial charge in [0.05, 0.1) is 0 Å². The Morgan fingerprint density at radius 2 is 1.23 bits per heavy atom. The molecule has 0 spiro atoms. The number of alkyl halides is 6. The highest BCUT2D eigenvalue weighted by Gasteiger charge is 2.82. The average molecular weight is 336 g/mol. The van der Waals surface area contributed by atoms with Crippen LogP contribution in [0.5, 0.6) is 0 Å². The molecule has 0 aliphatic rings. The maximum Gasteiger partial charge on any atom is 0.441 e. The van der Waals surface area contributed by atoms with E-state index in [1.165, 1.54) is 0 Å². The lowest BCUT2D eigenvalue weighted by molar-refractivity contribution is -0.407. The van der Waals surface area contributed by atoms with Crippen molar-refractivity contribution in [2.75, 3.05) is 0 Å². The van der Waals surface area contributed by atoms with E-state index >= 15 is 0 Å². The Balaban J connectivity index is 6.32. The second-order valence-corrected chi connectivity index (χ2v) is 4.95. The number of rotatable bonds is 4. The Hall–Kier alpha value is -1.74. The van der Waals surface area contributed by atoms with Gasteiger partial charge in [0, 0.05) is 12.5 Å². The predicted octanol–water partition coefficient (Wildman–Crippen LogP) is 3.31. The van der Waals surface area contributed by atoms with Crippen LogP contribution >= 0.6 is 0 Å². The molecule has 0 fully saturated rings. The highest BCUT2D eigenvalue weighted by Crippen LogP contribution is 2.53. The summed E-state index contributed by atoms with van der Waals surface area (Å²) in [4.78, 5) is 22.2. The fourth-order valence-corrected chi connectivity index (χ4v) is 1.69. The second-order valence-electron chi connectivity index (χ2n) is 4.95. The van der Waals surface area contributed by atoms with E-state index in [1.54, 1.807) is 0 Å². The first-order valence-electron chi connectivity index (χ1n) is 5.71. The van der Waals surface area contributed by atoms with Crippen molar-refractivity contribution in [1.29, 1.82) is 0 Å². The lowest BCUT2D eigenvalue weighted by Crippen LogP contribution is -2.71. The zero-order valence-corrected chi connectivity index (χ0v) is 12.1. The summed E-state index contributed by atoms with van der Waals surface area (Å²) in [5, 5.41) is 0. The van der Waals surface area contributed by atoms with Gasteiger partial charge < -0.3 is 9.47 Å². The zero-order chi connectivity index (χ0) is 18.1. The number of ether oxygens (including phenoxy) is 2. The van der Waals surface area contributed by atoms with Gasteiger partial charge in [0.2, 0.25) is 0 Å². The summed E-state index contributed by atoms with van der Waals surface area (Å²) in [7, 11) is 0. The first kappa shape index (κ1) is 20.3. The standard InChI is InChI=1S/C12H14F6O4/c1-6(2)8(20)22-9(4,5)10(11(13,14)15,12(16,17)18)21-7(3)19/h1H2,2-5H3. The Labute approximate surface area is 122 Å². The largest absolute Gasteiger partial charge is 0.451 e. The van der Waals surface area contributed by atoms with E-state index in [0.717, 1.165) is 6.92 Å². The summed E-state index contributed by atoms with van der Waals surface area (Å²) in [6.07, 6.45) is -12.2. The Morgan fingerprint density at radius 1 is 0.864 bits per heavy atom. The van der Waals surface area contributed by atoms with Crippen molar-refractivity contribution in [3.8, 4) is 0 Å². The molecular formula is C12H14F6O4. The lowest BCUT2D eigenvalue weighted by Gasteiger charge is -2.45. The molecule has 0 aromatic carbocycles. The van der Waals surface area contributed by atoms with Crippen LogP contribution in [0.2, 0.25) is 0 Å². The van der Waals surface area contributed by atoms with E-state index in [2.05, 4.69) is 16.1 Å². The molecule has 0 aromatic rings. The third-order valence-electron chi connectivity index (χ3n) is 2.64. The van der Waals surface area contributed by atoms with Gasteiger partial charge in [0.15, 0.2) is 5.60 Å². The fraction of sp³-hybridized carbons (Fsp3) is 0.667. The number of halogens is 6. The van der Waals surface area contributed by atoms with Crippen LogP contribution in [0.15, 0.2) is 12.2 Å². The second kappa shape index (κ2) is 5.81. The smallest absolute Gasteiger partial charge is 0.441 e. The third kappa shape index (κ3) is 3.53. The van der Waals surface area contributed by atoms with Crippen LogP contribution in [0.1, 0.15) is 27.7 Å². The molecule has 0 saturated carbocycles. The van der Waals surface area contributed by atoms with Crippen LogP contribution in [-0.4, -0.2) is 35.5 Å². The van der Waals surface area contributed by atoms with E-state index in [0.29, 0.717) is 20.8 Å². The van der Waals surface area contributed by atoms with Gasteiger partial charge in [-0.2, -0.15) is 26.3 Å². The molecule has 0 bridgehead atoms. The van der Waals surface area contributed by atoms with Crippen LogP contribution in [-0.2, 0) is 19.1 Å². The SMILES string of the molecule is C=C(C)C(=O)OC(C)(C)C(OC(C)=O)(C(F)(F)F)C(F)(F)F. The number of esters is 2. The molecule has 0 saturated heterocycles. The lowest BCUT2D eigenvalue weighted by atomic mass is 9.83. The molecule has 10 heteroatoms. The van der Waals surface area contributed by atoms with Crippen LogP contribution in [0.25, 0.3) is 0 Å². The maximum atomic E-state index is 13.2. The molecule has 0 radical (unpaired) electrons. The van der Waals surface area contributed by atoms with Crippen molar-refractivity contribution in [2.45, 2.75) is 51.2 Å². The van der Waals surface area contributed by atoms with Crippen LogP contribution in [0, 0.1) is 0 Å². The number of carbonyl (C=O) groups is 2. The van der Waals surface area contributed by atoms with Gasteiger partial charge in [0.25, 0.3) is 0 Å². The summed E-state index contributed by atoms with van der Waals surface area (Å²) in [6, 6.07) is 0. The van der Waals surface area contributed by atoms with Crippen LogP contribution in [0.4, 0.5) is 26.3 Å². The molecule has 0 unspecified atom stereocenters. The minimum atomic E-state index is -6.09. The molecule has 22 heavy (non-hydrogen) atoms. The van der Waals surface area contributed by atoms with Gasteiger partial charge in [-0.3, -0.25) is 4.79 Å². The van der Waals surface area contributed by atoms with E-state index in [9.17, 15) is 35.9 Å². The van der Waals surface area contributed by atoms with Crippen molar-refractivity contribution in [3.63, 3.8) is 0 Å². The van der Waals surface area contributed by atoms with Gasteiger partial charge in [-0.05, 0) is 20.8 Å². The molecule has 0 aromatic heterocycles. The first-order valence-corrected chi connectivity index (χ1v) is 5.71. The summed E-state index contributed by atoms with van der Waals surface area (Å²) in [5.41, 5.74) is -8.73. The summed E-state index contributed by atoms with van der Waals surface area (Å²) < 4.78 is 86.9. The first-order chi connectivity index (χ1) is 9.49. The van der Waals surface area contributed by atoms with Gasteiger partial charge in [0.1, 0.15) is 0 Å². The third-order valence-corrected chi connectivity index (χ3v) is 2.64. The molecule has 0 heterocycles. The summed E-state index contributed by atoms with van der Waals surface area (Å²) in [6.45, 7) is 5.16. The highest BCUT2D eigenvalue weighted by atomic mass is 19.4. The molecule has 128 valence electrons. The molecule has 0 aliphatic carbocycles. The van der Waals surface area contributed by atoms with Crippen LogP contribution < -0.4 is 0 Å². The molecule has 0 amide bonds. The minimum absolute atomic E-state index is 0.345. The molecule has 0 aliphatic heterocycles. The van der Waals surface area contributed by atoms with Crippen molar-refractivity contribution in [2.24, 2.45) is 0 Å². The van der Waals surface area contributed by atoms with Crippen molar-refractivity contribution in [3.05, 3.63) is 12.2 Å². The number of carbonyl (C=O) groups excluding carboxylic acids is 2. The predicted molar refractivity (Wildman–Crippen MR) is 61.6 cm³/mol. The number of hydrogen-bond donors (Lipinski definition) is 0. The number of hydrogen-bond acceptors (Lipinski definition) is 4. The van der Waals surface area contributed by atoms with E-state index in [4.69, 9.17) is 0 Å².